The molecule has 0 aromatic heterocycles. The molecule has 26 heavy (non-hydrogen) atoms. The molecule has 3 aliphatic rings. The predicted molar refractivity (Wildman–Crippen MR) is 98.9 cm³/mol. The van der Waals surface area contributed by atoms with Crippen LogP contribution in [0.3, 0.4) is 0 Å². The number of urea groups is 2. The molecular formula is C16H12Cl4N4O2. The van der Waals surface area contributed by atoms with Crippen molar-refractivity contribution in [1.29, 1.82) is 0 Å². The van der Waals surface area contributed by atoms with Gasteiger partial charge < -0.3 is 0 Å². The minimum Gasteiger partial charge on any atom is -0.245 e. The molecule has 0 spiro atoms. The van der Waals surface area contributed by atoms with Crippen molar-refractivity contribution in [2.45, 2.75) is 24.2 Å². The van der Waals surface area contributed by atoms with Crippen molar-refractivity contribution in [2.24, 2.45) is 0 Å². The van der Waals surface area contributed by atoms with Gasteiger partial charge in [0.15, 0.2) is 0 Å². The first-order valence-corrected chi connectivity index (χ1v) is 9.10. The summed E-state index contributed by atoms with van der Waals surface area (Å²) in [4.78, 5) is 25.6. The Bertz CT molecular complexity index is 816. The summed E-state index contributed by atoms with van der Waals surface area (Å²) in [5.74, 6) is 0. The first kappa shape index (κ1) is 17.8. The Balaban J connectivity index is 2.12. The van der Waals surface area contributed by atoms with Crippen LogP contribution in [0.4, 0.5) is 9.59 Å². The van der Waals surface area contributed by atoms with Gasteiger partial charge in [-0.25, -0.2) is 9.59 Å². The fourth-order valence-electron chi connectivity index (χ4n) is 3.88. The number of halogens is 4. The van der Waals surface area contributed by atoms with E-state index >= 15 is 0 Å². The Morgan fingerprint density at radius 2 is 1.35 bits per heavy atom. The molecule has 2 heterocycles. The van der Waals surface area contributed by atoms with Crippen LogP contribution >= 0.6 is 47.1 Å². The second-order valence-corrected chi connectivity index (χ2v) is 7.41. The van der Waals surface area contributed by atoms with E-state index in [1.54, 1.807) is 36.4 Å². The van der Waals surface area contributed by atoms with Crippen molar-refractivity contribution in [3.8, 4) is 0 Å². The van der Waals surface area contributed by atoms with Gasteiger partial charge in [0.25, 0.3) is 0 Å². The highest BCUT2D eigenvalue weighted by Crippen LogP contribution is 2.63. The highest BCUT2D eigenvalue weighted by Gasteiger charge is 2.81. The summed E-state index contributed by atoms with van der Waals surface area (Å²) in [7, 11) is 0. The molecule has 4 rings (SSSR count). The summed E-state index contributed by atoms with van der Waals surface area (Å²) in [5, 5.41) is 0. The van der Waals surface area contributed by atoms with Crippen LogP contribution in [0.1, 0.15) is 18.4 Å². The van der Waals surface area contributed by atoms with Crippen LogP contribution in [0.2, 0.25) is 0 Å². The summed E-state index contributed by atoms with van der Waals surface area (Å²) in [6.07, 6.45) is 6.78. The van der Waals surface area contributed by atoms with Crippen LogP contribution in [0.5, 0.6) is 0 Å². The van der Waals surface area contributed by atoms with Gasteiger partial charge in [-0.15, -0.1) is 0 Å². The summed E-state index contributed by atoms with van der Waals surface area (Å²) in [5.41, 5.74) is -2.15. The van der Waals surface area contributed by atoms with Gasteiger partial charge in [-0.05, 0) is 18.4 Å². The maximum Gasteiger partial charge on any atom is 0.354 e. The normalized spacial score (nSPS) is 31.0. The Morgan fingerprint density at radius 1 is 0.808 bits per heavy atom. The van der Waals surface area contributed by atoms with Gasteiger partial charge in [-0.3, -0.25) is 0 Å². The third kappa shape index (κ3) is 1.80. The molecule has 136 valence electrons. The van der Waals surface area contributed by atoms with Gasteiger partial charge >= 0.3 is 12.1 Å². The van der Waals surface area contributed by atoms with Crippen LogP contribution in [-0.2, 0) is 5.66 Å². The van der Waals surface area contributed by atoms with Crippen molar-refractivity contribution in [3.05, 3.63) is 59.7 Å². The molecule has 2 fully saturated rings. The van der Waals surface area contributed by atoms with E-state index in [0.29, 0.717) is 24.0 Å². The minimum absolute atomic E-state index is 0.494. The van der Waals surface area contributed by atoms with E-state index in [-0.39, 0.29) is 0 Å². The lowest BCUT2D eigenvalue weighted by molar-refractivity contribution is 0.0612. The van der Waals surface area contributed by atoms with E-state index in [9.17, 15) is 9.59 Å². The summed E-state index contributed by atoms with van der Waals surface area (Å²) in [6, 6.07) is 7.25. The van der Waals surface area contributed by atoms with Gasteiger partial charge in [0, 0.05) is 52.7 Å². The first-order chi connectivity index (χ1) is 12.4. The molecule has 4 amide bonds. The van der Waals surface area contributed by atoms with Crippen LogP contribution in [0.15, 0.2) is 54.1 Å². The molecule has 1 aromatic rings. The van der Waals surface area contributed by atoms with Gasteiger partial charge in [0.05, 0.1) is 0 Å². The van der Waals surface area contributed by atoms with Gasteiger partial charge in [-0.2, -0.15) is 17.7 Å². The molecule has 1 aliphatic carbocycles. The third-order valence-electron chi connectivity index (χ3n) is 4.93. The number of allylic oxidation sites excluding steroid dienone is 3. The lowest BCUT2D eigenvalue weighted by atomic mass is 9.80. The van der Waals surface area contributed by atoms with Crippen molar-refractivity contribution < 1.29 is 9.59 Å². The average molecular weight is 434 g/mol. The Hall–Kier alpha value is -1.60. The molecule has 0 saturated carbocycles. The zero-order valence-electron chi connectivity index (χ0n) is 13.2. The Labute approximate surface area is 170 Å². The predicted octanol–water partition coefficient (Wildman–Crippen LogP) is 4.90. The monoisotopic (exact) mass is 432 g/mol. The maximum absolute atomic E-state index is 12.8. The number of hydrogen-bond donors (Lipinski definition) is 0. The summed E-state index contributed by atoms with van der Waals surface area (Å²) >= 11 is 25.8. The third-order valence-corrected chi connectivity index (χ3v) is 6.49. The molecule has 2 aliphatic heterocycles. The lowest BCUT2D eigenvalue weighted by Gasteiger charge is -2.45. The molecule has 2 saturated heterocycles. The van der Waals surface area contributed by atoms with E-state index in [1.807, 2.05) is 12.2 Å². The topological polar surface area (TPSA) is 47.1 Å². The molecule has 6 nitrogen and oxygen atoms in total. The molecule has 0 radical (unpaired) electrons. The highest BCUT2D eigenvalue weighted by atomic mass is 35.5. The minimum atomic E-state index is -1.66. The number of benzene rings is 1. The van der Waals surface area contributed by atoms with Crippen LogP contribution < -0.4 is 0 Å². The maximum atomic E-state index is 12.8. The average Bonchev–Trinajstić information content (AvgIpc) is 2.98. The second kappa shape index (κ2) is 5.96. The van der Waals surface area contributed by atoms with E-state index in [4.69, 9.17) is 47.1 Å². The standard InChI is InChI=1S/C16H12Cl4N4O2/c17-21-13(25)23(19)16(12-9-5-2-6-10-12)15(21,11-7-3-1-4-8-11)22(18)14(26)24(16)20/h1-5,7-9H,6,10H2. The second-order valence-electron chi connectivity index (χ2n) is 6.06. The van der Waals surface area contributed by atoms with E-state index in [0.717, 1.165) is 17.7 Å². The fourth-order valence-corrected chi connectivity index (χ4v) is 5.52. The molecular weight excluding hydrogens is 422 g/mol. The number of nitrogens with zero attached hydrogens (tertiary/aromatic N) is 4. The van der Waals surface area contributed by atoms with Gasteiger partial charge in [-0.1, -0.05) is 48.6 Å². The number of amides is 4. The first-order valence-electron chi connectivity index (χ1n) is 7.75. The molecule has 0 bridgehead atoms. The van der Waals surface area contributed by atoms with Crippen molar-refractivity contribution >= 4 is 59.2 Å². The SMILES string of the molecule is O=C1N(Cl)C2(C3=CC=CCC3)N(Cl)C(=O)N(Cl)C2(c2ccccc2)N1Cl. The molecule has 0 N–H and O–H groups in total. The fraction of sp³-hybridized carbons (Fsp3) is 0.250. The smallest absolute Gasteiger partial charge is 0.245 e. The zero-order valence-corrected chi connectivity index (χ0v) is 16.2. The highest BCUT2D eigenvalue weighted by molar-refractivity contribution is 6.36. The summed E-state index contributed by atoms with van der Waals surface area (Å²) < 4.78 is 3.38. The van der Waals surface area contributed by atoms with Crippen molar-refractivity contribution in [2.75, 3.05) is 0 Å². The summed E-state index contributed by atoms with van der Waals surface area (Å²) in [6.45, 7) is 0. The van der Waals surface area contributed by atoms with E-state index in [1.165, 1.54) is 0 Å². The largest absolute Gasteiger partial charge is 0.354 e. The quantitative estimate of drug-likeness (QED) is 0.622. The number of hydrogen-bond acceptors (Lipinski definition) is 2. The number of fused-ring (bicyclic) bond motifs is 1. The molecule has 0 atom stereocenters. The van der Waals surface area contributed by atoms with Crippen LogP contribution in [0, 0.1) is 0 Å². The van der Waals surface area contributed by atoms with E-state index in [2.05, 4.69) is 0 Å². The van der Waals surface area contributed by atoms with E-state index < -0.39 is 23.4 Å². The van der Waals surface area contributed by atoms with Crippen molar-refractivity contribution in [1.82, 2.24) is 17.7 Å². The molecule has 0 unspecified atom stereocenters. The van der Waals surface area contributed by atoms with Crippen molar-refractivity contribution in [3.63, 3.8) is 0 Å². The van der Waals surface area contributed by atoms with Gasteiger partial charge in [0.1, 0.15) is 0 Å². The van der Waals surface area contributed by atoms with Crippen LogP contribution in [0.25, 0.3) is 0 Å². The number of carbonyl (C=O) groups is 2. The number of carbonyl (C=O) groups excluding carboxylic acids is 2. The molecule has 10 heteroatoms. The van der Waals surface area contributed by atoms with Gasteiger partial charge in [0.2, 0.25) is 11.3 Å². The number of rotatable bonds is 2. The molecule has 1 aromatic carbocycles. The van der Waals surface area contributed by atoms with Crippen LogP contribution in [-0.4, -0.2) is 35.4 Å². The Morgan fingerprint density at radius 3 is 1.85 bits per heavy atom. The zero-order chi connectivity index (χ0) is 18.7. The lowest BCUT2D eigenvalue weighted by Crippen LogP contribution is -2.62. The Kier molecular flexibility index (Phi) is 4.08.